The van der Waals surface area contributed by atoms with Gasteiger partial charge in [0.15, 0.2) is 0 Å². The molecule has 1 atom stereocenters. The van der Waals surface area contributed by atoms with Crippen LogP contribution in [0.15, 0.2) is 64.4 Å². The Labute approximate surface area is 194 Å². The third kappa shape index (κ3) is 4.74. The first-order valence-electron chi connectivity index (χ1n) is 10.2. The number of pyridine rings is 1. The molecule has 3 heterocycles. The molecule has 0 unspecified atom stereocenters. The summed E-state index contributed by atoms with van der Waals surface area (Å²) in [5.41, 5.74) is 1.53. The molecule has 32 heavy (non-hydrogen) atoms. The van der Waals surface area contributed by atoms with Gasteiger partial charge in [0.05, 0.1) is 16.6 Å². The van der Waals surface area contributed by atoms with Gasteiger partial charge in [-0.25, -0.2) is 4.98 Å². The normalized spacial score (nSPS) is 16.2. The van der Waals surface area contributed by atoms with E-state index in [1.54, 1.807) is 42.3 Å². The van der Waals surface area contributed by atoms with Crippen LogP contribution >= 0.6 is 24.0 Å². The largest absolute Gasteiger partial charge is 0.392 e. The molecule has 1 aliphatic heterocycles. The molecular weight excluding hydrogens is 444 g/mol. The molecule has 2 aromatic heterocycles. The number of aliphatic hydroxyl groups excluding tert-OH is 1. The minimum absolute atomic E-state index is 0.217. The fourth-order valence-corrected chi connectivity index (χ4v) is 4.61. The van der Waals surface area contributed by atoms with E-state index in [4.69, 9.17) is 12.2 Å². The van der Waals surface area contributed by atoms with Crippen LogP contribution in [0.25, 0.3) is 11.7 Å². The maximum atomic E-state index is 13.2. The van der Waals surface area contributed by atoms with Crippen molar-refractivity contribution in [1.82, 2.24) is 14.3 Å². The molecular formula is C23H22N4O3S2. The first-order valence-corrected chi connectivity index (χ1v) is 11.4. The third-order valence-electron chi connectivity index (χ3n) is 4.95. The fraction of sp³-hybridized carbons (Fsp3) is 0.217. The standard InChI is InChI=1S/C23H22N4O3S2/c1-15(28)14-24-20-17(21(29)26-11-6-5-9-19(26)25-20)13-18-22(30)27(23(31)32-18)12-10-16-7-3-2-4-8-16/h2-9,11,13,15,24,28H,10,12,14H2,1H3/b18-13-/t15-/m1/s1. The van der Waals surface area contributed by atoms with E-state index in [2.05, 4.69) is 10.3 Å². The van der Waals surface area contributed by atoms with Crippen molar-refractivity contribution < 1.29 is 9.90 Å². The first kappa shape index (κ1) is 22.2. The predicted molar refractivity (Wildman–Crippen MR) is 132 cm³/mol. The Hall–Kier alpha value is -3.01. The van der Waals surface area contributed by atoms with Crippen LogP contribution in [0.3, 0.4) is 0 Å². The van der Waals surface area contributed by atoms with Crippen LogP contribution in [0, 0.1) is 0 Å². The molecule has 164 valence electrons. The molecule has 1 aromatic carbocycles. The molecule has 1 fully saturated rings. The summed E-state index contributed by atoms with van der Waals surface area (Å²) in [6.07, 6.45) is 3.23. The van der Waals surface area contributed by atoms with Gasteiger partial charge >= 0.3 is 0 Å². The lowest BCUT2D eigenvalue weighted by molar-refractivity contribution is -0.122. The Balaban J connectivity index is 1.66. The number of carbonyl (C=O) groups excluding carboxylic acids is 1. The molecule has 4 rings (SSSR count). The van der Waals surface area contributed by atoms with Gasteiger partial charge in [-0.2, -0.15) is 0 Å². The predicted octanol–water partition coefficient (Wildman–Crippen LogP) is 2.93. The van der Waals surface area contributed by atoms with Crippen molar-refractivity contribution >= 4 is 51.7 Å². The van der Waals surface area contributed by atoms with Crippen LogP contribution < -0.4 is 10.9 Å². The lowest BCUT2D eigenvalue weighted by atomic mass is 10.1. The number of hydrogen-bond acceptors (Lipinski definition) is 7. The summed E-state index contributed by atoms with van der Waals surface area (Å²) >= 11 is 6.61. The van der Waals surface area contributed by atoms with E-state index in [9.17, 15) is 14.7 Å². The van der Waals surface area contributed by atoms with Gasteiger partial charge in [-0.15, -0.1) is 0 Å². The molecule has 0 bridgehead atoms. The summed E-state index contributed by atoms with van der Waals surface area (Å²) in [6.45, 7) is 2.32. The van der Waals surface area contributed by atoms with E-state index in [1.807, 2.05) is 30.3 Å². The zero-order valence-corrected chi connectivity index (χ0v) is 19.0. The van der Waals surface area contributed by atoms with Gasteiger partial charge in [0.25, 0.3) is 11.5 Å². The first-order chi connectivity index (χ1) is 15.4. The number of nitrogens with one attached hydrogen (secondary N) is 1. The Kier molecular flexibility index (Phi) is 6.69. The quantitative estimate of drug-likeness (QED) is 0.409. The Morgan fingerprint density at radius 1 is 1.19 bits per heavy atom. The highest BCUT2D eigenvalue weighted by molar-refractivity contribution is 8.26. The maximum absolute atomic E-state index is 13.2. The van der Waals surface area contributed by atoms with Crippen LogP contribution in [0.1, 0.15) is 18.1 Å². The summed E-state index contributed by atoms with van der Waals surface area (Å²) in [4.78, 5) is 32.7. The van der Waals surface area contributed by atoms with Crippen LogP contribution in [0.4, 0.5) is 5.82 Å². The minimum Gasteiger partial charge on any atom is -0.392 e. The number of hydrogen-bond donors (Lipinski definition) is 2. The van der Waals surface area contributed by atoms with E-state index in [0.29, 0.717) is 33.7 Å². The monoisotopic (exact) mass is 466 g/mol. The number of carbonyl (C=O) groups is 1. The number of thiocarbonyl (C=S) groups is 1. The van der Waals surface area contributed by atoms with Crippen LogP contribution in [-0.2, 0) is 11.2 Å². The second-order valence-electron chi connectivity index (χ2n) is 7.41. The van der Waals surface area contributed by atoms with Gasteiger partial charge in [-0.1, -0.05) is 60.4 Å². The summed E-state index contributed by atoms with van der Waals surface area (Å²) in [5, 5.41) is 12.7. The number of rotatable bonds is 7. The average Bonchev–Trinajstić information content (AvgIpc) is 3.06. The Bertz CT molecular complexity index is 1260. The lowest BCUT2D eigenvalue weighted by Crippen LogP contribution is -2.30. The van der Waals surface area contributed by atoms with Crippen LogP contribution in [0.2, 0.25) is 0 Å². The smallest absolute Gasteiger partial charge is 0.267 e. The lowest BCUT2D eigenvalue weighted by Gasteiger charge is -2.14. The SMILES string of the molecule is C[C@@H](O)CNc1nc2ccccn2c(=O)c1/C=C1\SC(=S)N(CCc2ccccc2)C1=O. The zero-order chi connectivity index (χ0) is 22.7. The second-order valence-corrected chi connectivity index (χ2v) is 9.08. The summed E-state index contributed by atoms with van der Waals surface area (Å²) in [7, 11) is 0. The van der Waals surface area contributed by atoms with Crippen molar-refractivity contribution in [2.75, 3.05) is 18.4 Å². The Morgan fingerprint density at radius 2 is 1.94 bits per heavy atom. The van der Waals surface area contributed by atoms with E-state index < -0.39 is 6.10 Å². The third-order valence-corrected chi connectivity index (χ3v) is 6.33. The zero-order valence-electron chi connectivity index (χ0n) is 17.4. The number of thioether (sulfide) groups is 1. The molecule has 9 heteroatoms. The van der Waals surface area contributed by atoms with Crippen molar-refractivity contribution in [3.8, 4) is 0 Å². The van der Waals surface area contributed by atoms with E-state index in [0.717, 1.165) is 5.56 Å². The maximum Gasteiger partial charge on any atom is 0.267 e. The Morgan fingerprint density at radius 3 is 2.69 bits per heavy atom. The van der Waals surface area contributed by atoms with E-state index in [1.165, 1.54) is 16.2 Å². The molecule has 1 aliphatic rings. The molecule has 0 radical (unpaired) electrons. The number of fused-ring (bicyclic) bond motifs is 1. The van der Waals surface area contributed by atoms with Gasteiger partial charge in [0.1, 0.15) is 15.8 Å². The molecule has 1 amide bonds. The van der Waals surface area contributed by atoms with E-state index >= 15 is 0 Å². The summed E-state index contributed by atoms with van der Waals surface area (Å²) in [6, 6.07) is 15.1. The highest BCUT2D eigenvalue weighted by Gasteiger charge is 2.32. The number of aromatic nitrogens is 2. The van der Waals surface area contributed by atoms with Crippen LogP contribution in [0.5, 0.6) is 0 Å². The molecule has 0 spiro atoms. The number of nitrogens with zero attached hydrogens (tertiary/aromatic N) is 3. The summed E-state index contributed by atoms with van der Waals surface area (Å²) < 4.78 is 1.89. The van der Waals surface area contributed by atoms with Gasteiger partial charge in [-0.3, -0.25) is 18.9 Å². The topological polar surface area (TPSA) is 86.9 Å². The molecule has 3 aromatic rings. The highest BCUT2D eigenvalue weighted by Crippen LogP contribution is 2.33. The molecule has 0 aliphatic carbocycles. The average molecular weight is 467 g/mol. The van der Waals surface area contributed by atoms with Crippen LogP contribution in [-0.4, -0.2) is 48.8 Å². The number of anilines is 1. The van der Waals surface area contributed by atoms with Crippen molar-refractivity contribution in [2.24, 2.45) is 0 Å². The van der Waals surface area contributed by atoms with Crippen molar-refractivity contribution in [2.45, 2.75) is 19.4 Å². The van der Waals surface area contributed by atoms with Gasteiger partial charge in [-0.05, 0) is 37.1 Å². The molecule has 0 saturated carbocycles. The number of aliphatic hydroxyl groups is 1. The minimum atomic E-state index is -0.630. The van der Waals surface area contributed by atoms with Gasteiger partial charge < -0.3 is 10.4 Å². The van der Waals surface area contributed by atoms with E-state index in [-0.39, 0.29) is 23.6 Å². The summed E-state index contributed by atoms with van der Waals surface area (Å²) in [5.74, 6) is 0.0895. The van der Waals surface area contributed by atoms with Crippen molar-refractivity contribution in [3.05, 3.63) is 81.1 Å². The van der Waals surface area contributed by atoms with Gasteiger partial charge in [0, 0.05) is 19.3 Å². The van der Waals surface area contributed by atoms with Crippen molar-refractivity contribution in [3.63, 3.8) is 0 Å². The van der Waals surface area contributed by atoms with Gasteiger partial charge in [0.2, 0.25) is 0 Å². The fourth-order valence-electron chi connectivity index (χ4n) is 3.32. The molecule has 7 nitrogen and oxygen atoms in total. The molecule has 1 saturated heterocycles. The number of amides is 1. The van der Waals surface area contributed by atoms with Crippen molar-refractivity contribution in [1.29, 1.82) is 0 Å². The number of benzene rings is 1. The highest BCUT2D eigenvalue weighted by atomic mass is 32.2. The molecule has 2 N–H and O–H groups in total. The second kappa shape index (κ2) is 9.64.